The minimum absolute atomic E-state index is 0.153. The van der Waals surface area contributed by atoms with E-state index in [1.807, 2.05) is 20.8 Å². The van der Waals surface area contributed by atoms with Crippen LogP contribution in [0.25, 0.3) is 0 Å². The summed E-state index contributed by atoms with van der Waals surface area (Å²) < 4.78 is 6.69. The lowest BCUT2D eigenvalue weighted by Gasteiger charge is -2.39. The summed E-state index contributed by atoms with van der Waals surface area (Å²) in [5.74, 6) is -2.26. The molecule has 3 aliphatic rings. The number of aliphatic hydroxyl groups is 1. The smallest absolute Gasteiger partial charge is 0.253 e. The van der Waals surface area contributed by atoms with Gasteiger partial charge in [0.05, 0.1) is 30.6 Å². The van der Waals surface area contributed by atoms with E-state index >= 15 is 0 Å². The van der Waals surface area contributed by atoms with Gasteiger partial charge < -0.3 is 24.5 Å². The Hall–Kier alpha value is -2.20. The SMILES string of the molecule is C=CCN(CCC)C(=O)[C@H]1[C@@H]2OC3(CC2Br)C(C(=O)N(CC=C)c2ccc(Cl)cc2)N([C@@H](CO)CC(C)C)C(=O)[C@H]13. The van der Waals surface area contributed by atoms with Crippen molar-refractivity contribution in [3.8, 4) is 0 Å². The maximum atomic E-state index is 14.7. The zero-order valence-electron chi connectivity index (χ0n) is 24.0. The van der Waals surface area contributed by atoms with Crippen LogP contribution >= 0.6 is 27.5 Å². The minimum atomic E-state index is -1.23. The number of hydrogen-bond donors (Lipinski definition) is 1. The van der Waals surface area contributed by atoms with Crippen LogP contribution in [0.4, 0.5) is 5.69 Å². The number of amides is 3. The number of rotatable bonds is 13. The summed E-state index contributed by atoms with van der Waals surface area (Å²) >= 11 is 9.88. The van der Waals surface area contributed by atoms with Gasteiger partial charge in [-0.3, -0.25) is 14.4 Å². The van der Waals surface area contributed by atoms with Crippen LogP contribution in [0.2, 0.25) is 5.02 Å². The number of hydrogen-bond acceptors (Lipinski definition) is 5. The van der Waals surface area contributed by atoms with E-state index in [1.54, 1.807) is 46.2 Å². The molecule has 4 rings (SSSR count). The number of fused-ring (bicyclic) bond motifs is 1. The highest BCUT2D eigenvalue weighted by molar-refractivity contribution is 9.09. The third-order valence-corrected chi connectivity index (χ3v) is 9.56. The Morgan fingerprint density at radius 3 is 2.44 bits per heavy atom. The summed E-state index contributed by atoms with van der Waals surface area (Å²) in [6, 6.07) is 5.27. The largest absolute Gasteiger partial charge is 0.394 e. The average Bonchev–Trinajstić information content (AvgIpc) is 3.53. The zero-order chi connectivity index (χ0) is 30.1. The first-order chi connectivity index (χ1) is 19.6. The molecule has 0 aliphatic carbocycles. The van der Waals surface area contributed by atoms with Crippen molar-refractivity contribution in [1.29, 1.82) is 0 Å². The molecule has 3 heterocycles. The Bertz CT molecular complexity index is 1160. The van der Waals surface area contributed by atoms with Crippen LogP contribution in [0.1, 0.15) is 40.0 Å². The van der Waals surface area contributed by atoms with Crippen molar-refractivity contribution in [3.05, 3.63) is 54.6 Å². The molecule has 224 valence electrons. The third kappa shape index (κ3) is 5.63. The zero-order valence-corrected chi connectivity index (χ0v) is 26.4. The molecule has 1 N–H and O–H groups in total. The first-order valence-electron chi connectivity index (χ1n) is 14.4. The van der Waals surface area contributed by atoms with Crippen molar-refractivity contribution in [3.63, 3.8) is 0 Å². The van der Waals surface area contributed by atoms with Gasteiger partial charge in [0.15, 0.2) is 0 Å². The Morgan fingerprint density at radius 1 is 1.22 bits per heavy atom. The second-order valence-electron chi connectivity index (χ2n) is 11.7. The van der Waals surface area contributed by atoms with E-state index in [9.17, 15) is 19.5 Å². The van der Waals surface area contributed by atoms with Crippen LogP contribution in [0.3, 0.4) is 0 Å². The Morgan fingerprint density at radius 2 is 1.88 bits per heavy atom. The van der Waals surface area contributed by atoms with E-state index in [0.29, 0.717) is 36.6 Å². The Balaban J connectivity index is 1.85. The molecule has 0 saturated carbocycles. The first-order valence-corrected chi connectivity index (χ1v) is 15.7. The summed E-state index contributed by atoms with van der Waals surface area (Å²) in [5.41, 5.74) is -0.623. The average molecular weight is 651 g/mol. The van der Waals surface area contributed by atoms with Crippen molar-refractivity contribution in [2.45, 2.75) is 68.6 Å². The summed E-state index contributed by atoms with van der Waals surface area (Å²) in [7, 11) is 0. The highest BCUT2D eigenvalue weighted by atomic mass is 79.9. The topological polar surface area (TPSA) is 90.4 Å². The van der Waals surface area contributed by atoms with Gasteiger partial charge in [-0.1, -0.05) is 60.5 Å². The molecule has 2 bridgehead atoms. The molecule has 41 heavy (non-hydrogen) atoms. The van der Waals surface area contributed by atoms with E-state index in [1.165, 1.54) is 4.90 Å². The molecule has 1 spiro atoms. The fraction of sp³-hybridized carbons (Fsp3) is 0.581. The molecule has 3 saturated heterocycles. The number of carbonyl (C=O) groups is 3. The molecule has 3 amide bonds. The lowest BCUT2D eigenvalue weighted by atomic mass is 9.70. The third-order valence-electron chi connectivity index (χ3n) is 8.46. The van der Waals surface area contributed by atoms with Gasteiger partial charge in [0.2, 0.25) is 11.8 Å². The standard InChI is InChI=1S/C31H41BrClN3O5/c1-6-13-34(14-7-2)28(38)24-25-29(39)36(22(18-37)16-19(4)5)27(31(25)17-23(32)26(24)41-31)30(40)35(15-8-3)21-11-9-20(33)10-12-21/h6,8-12,19,22-27,37H,1,3,7,13-18H2,2,4-5H3/t22-,23?,24-,25+,26-,27?,31?/m1/s1. The summed E-state index contributed by atoms with van der Waals surface area (Å²) in [5, 5.41) is 11.1. The van der Waals surface area contributed by atoms with Gasteiger partial charge in [-0.15, -0.1) is 13.2 Å². The van der Waals surface area contributed by atoms with Crippen molar-refractivity contribution < 1.29 is 24.2 Å². The number of aliphatic hydroxyl groups excluding tert-OH is 1. The molecule has 3 fully saturated rings. The van der Waals surface area contributed by atoms with Gasteiger partial charge in [-0.2, -0.15) is 0 Å². The number of anilines is 1. The van der Waals surface area contributed by atoms with E-state index in [2.05, 4.69) is 29.1 Å². The Kier molecular flexibility index (Phi) is 10.0. The fourth-order valence-electron chi connectivity index (χ4n) is 6.99. The summed E-state index contributed by atoms with van der Waals surface area (Å²) in [4.78, 5) is 47.9. The lowest BCUT2D eigenvalue weighted by Crippen LogP contribution is -2.59. The number of likely N-dealkylation sites (tertiary alicyclic amines) is 1. The minimum Gasteiger partial charge on any atom is -0.394 e. The van der Waals surface area contributed by atoms with Crippen LogP contribution in [-0.2, 0) is 19.1 Å². The van der Waals surface area contributed by atoms with Crippen LogP contribution in [0.15, 0.2) is 49.6 Å². The molecule has 7 atom stereocenters. The van der Waals surface area contributed by atoms with Gasteiger partial charge >= 0.3 is 0 Å². The van der Waals surface area contributed by atoms with Gasteiger partial charge in [0.1, 0.15) is 11.6 Å². The first kappa shape index (κ1) is 31.7. The molecule has 3 unspecified atom stereocenters. The number of benzene rings is 1. The highest BCUT2D eigenvalue weighted by Crippen LogP contribution is 2.61. The van der Waals surface area contributed by atoms with Gasteiger partial charge in [0.25, 0.3) is 5.91 Å². The van der Waals surface area contributed by atoms with Crippen LogP contribution in [-0.4, -0.2) is 87.5 Å². The maximum Gasteiger partial charge on any atom is 0.253 e. The molecule has 0 aromatic heterocycles. The van der Waals surface area contributed by atoms with Crippen LogP contribution in [0.5, 0.6) is 0 Å². The molecule has 0 radical (unpaired) electrons. The maximum absolute atomic E-state index is 14.7. The van der Waals surface area contributed by atoms with Gasteiger partial charge in [-0.05, 0) is 49.4 Å². The lowest BCUT2D eigenvalue weighted by molar-refractivity contribution is -0.147. The van der Waals surface area contributed by atoms with E-state index in [0.717, 1.165) is 6.42 Å². The molecular formula is C31H41BrClN3O5. The quantitative estimate of drug-likeness (QED) is 0.252. The molecule has 3 aliphatic heterocycles. The second kappa shape index (κ2) is 13.0. The van der Waals surface area contributed by atoms with Gasteiger partial charge in [0, 0.05) is 35.2 Å². The number of halogens is 2. The molecule has 1 aromatic rings. The predicted molar refractivity (Wildman–Crippen MR) is 164 cm³/mol. The molecule has 10 heteroatoms. The van der Waals surface area contributed by atoms with Crippen molar-refractivity contribution in [1.82, 2.24) is 9.80 Å². The van der Waals surface area contributed by atoms with E-state index < -0.39 is 35.6 Å². The predicted octanol–water partition coefficient (Wildman–Crippen LogP) is 4.44. The molecular weight excluding hydrogens is 610 g/mol. The second-order valence-corrected chi connectivity index (χ2v) is 13.3. The number of alkyl halides is 1. The van der Waals surface area contributed by atoms with Crippen molar-refractivity contribution >= 4 is 50.9 Å². The van der Waals surface area contributed by atoms with Crippen molar-refractivity contribution in [2.24, 2.45) is 17.8 Å². The summed E-state index contributed by atoms with van der Waals surface area (Å²) in [6.07, 6.45) is 4.40. The number of ether oxygens (including phenoxy) is 1. The van der Waals surface area contributed by atoms with E-state index in [-0.39, 0.29) is 41.6 Å². The van der Waals surface area contributed by atoms with Crippen molar-refractivity contribution in [2.75, 3.05) is 31.1 Å². The van der Waals surface area contributed by atoms with E-state index in [4.69, 9.17) is 16.3 Å². The molecule has 1 aromatic carbocycles. The fourth-order valence-corrected chi connectivity index (χ4v) is 8.06. The van der Waals surface area contributed by atoms with Crippen LogP contribution < -0.4 is 4.90 Å². The summed E-state index contributed by atoms with van der Waals surface area (Å²) in [6.45, 7) is 14.5. The normalized spacial score (nSPS) is 29.0. The molecule has 8 nitrogen and oxygen atoms in total. The monoisotopic (exact) mass is 649 g/mol. The number of carbonyl (C=O) groups excluding carboxylic acids is 3. The Labute approximate surface area is 256 Å². The highest BCUT2D eigenvalue weighted by Gasteiger charge is 2.77. The number of nitrogens with zero attached hydrogens (tertiary/aromatic N) is 3. The van der Waals surface area contributed by atoms with Crippen LogP contribution in [0, 0.1) is 17.8 Å². The van der Waals surface area contributed by atoms with Gasteiger partial charge in [-0.25, -0.2) is 0 Å².